The molecule has 2 unspecified atom stereocenters. The van der Waals surface area contributed by atoms with Gasteiger partial charge < -0.3 is 10.5 Å². The minimum Gasteiger partial charge on any atom is -0.377 e. The molecule has 1 fully saturated rings. The fraction of sp³-hybridized carbons (Fsp3) is 1.00. The van der Waals surface area contributed by atoms with E-state index in [4.69, 9.17) is 10.5 Å². The third-order valence-electron chi connectivity index (χ3n) is 3.39. The maximum atomic E-state index is 12.2. The van der Waals surface area contributed by atoms with Crippen molar-refractivity contribution in [2.45, 2.75) is 58.1 Å². The molecule has 1 heterocycles. The van der Waals surface area contributed by atoms with Gasteiger partial charge in [-0.15, -0.1) is 0 Å². The second kappa shape index (κ2) is 7.02. The van der Waals surface area contributed by atoms with Crippen LogP contribution in [0.15, 0.2) is 0 Å². The molecule has 3 N–H and O–H groups in total. The smallest absolute Gasteiger partial charge is 0.214 e. The molecular formula is C13H28N2O3S. The summed E-state index contributed by atoms with van der Waals surface area (Å²) in [5, 5.41) is 0. The number of nitrogens with two attached hydrogens (primary N) is 1. The van der Waals surface area contributed by atoms with Crippen LogP contribution < -0.4 is 10.5 Å². The fourth-order valence-electron chi connectivity index (χ4n) is 2.67. The molecule has 19 heavy (non-hydrogen) atoms. The van der Waals surface area contributed by atoms with Gasteiger partial charge in [0, 0.05) is 18.7 Å². The molecule has 2 atom stereocenters. The summed E-state index contributed by atoms with van der Waals surface area (Å²) in [5.74, 6) is 0.433. The van der Waals surface area contributed by atoms with Gasteiger partial charge in [0.2, 0.25) is 10.0 Å². The molecule has 0 aromatic rings. The number of hydrogen-bond acceptors (Lipinski definition) is 4. The maximum absolute atomic E-state index is 12.2. The molecule has 0 radical (unpaired) electrons. The van der Waals surface area contributed by atoms with E-state index in [0.717, 1.165) is 25.7 Å². The largest absolute Gasteiger partial charge is 0.377 e. The first-order valence-corrected chi connectivity index (χ1v) is 8.75. The third-order valence-corrected chi connectivity index (χ3v) is 5.00. The Morgan fingerprint density at radius 3 is 2.58 bits per heavy atom. The van der Waals surface area contributed by atoms with Gasteiger partial charge in [-0.2, -0.15) is 0 Å². The Hall–Kier alpha value is -0.170. The van der Waals surface area contributed by atoms with Crippen LogP contribution in [0.5, 0.6) is 0 Å². The maximum Gasteiger partial charge on any atom is 0.214 e. The van der Waals surface area contributed by atoms with Crippen molar-refractivity contribution in [3.8, 4) is 0 Å². The minimum atomic E-state index is -3.35. The van der Waals surface area contributed by atoms with Crippen molar-refractivity contribution in [3.05, 3.63) is 0 Å². The summed E-state index contributed by atoms with van der Waals surface area (Å²) >= 11 is 0. The summed E-state index contributed by atoms with van der Waals surface area (Å²) < 4.78 is 32.7. The molecule has 0 saturated carbocycles. The summed E-state index contributed by atoms with van der Waals surface area (Å²) in [4.78, 5) is 0. The molecule has 1 aliphatic rings. The number of hydrogen-bond donors (Lipinski definition) is 2. The van der Waals surface area contributed by atoms with Crippen molar-refractivity contribution in [2.24, 2.45) is 11.7 Å². The van der Waals surface area contributed by atoms with Gasteiger partial charge in [0.15, 0.2) is 0 Å². The van der Waals surface area contributed by atoms with Gasteiger partial charge in [0.05, 0.1) is 11.9 Å². The van der Waals surface area contributed by atoms with E-state index < -0.39 is 15.6 Å². The van der Waals surface area contributed by atoms with E-state index in [-0.39, 0.29) is 11.9 Å². The van der Waals surface area contributed by atoms with E-state index in [9.17, 15) is 8.42 Å². The summed E-state index contributed by atoms with van der Waals surface area (Å²) in [6.45, 7) is 6.96. The van der Waals surface area contributed by atoms with Crippen LogP contribution in [0.25, 0.3) is 0 Å². The lowest BCUT2D eigenvalue weighted by molar-refractivity contribution is 0.0303. The van der Waals surface area contributed by atoms with Gasteiger partial charge in [-0.1, -0.05) is 13.8 Å². The Morgan fingerprint density at radius 1 is 1.42 bits per heavy atom. The average Bonchev–Trinajstić information content (AvgIpc) is 2.27. The molecule has 6 heteroatoms. The van der Waals surface area contributed by atoms with Crippen molar-refractivity contribution >= 4 is 10.0 Å². The van der Waals surface area contributed by atoms with Crippen molar-refractivity contribution < 1.29 is 13.2 Å². The Balaban J connectivity index is 2.60. The van der Waals surface area contributed by atoms with E-state index in [1.54, 1.807) is 0 Å². The van der Waals surface area contributed by atoms with Crippen molar-refractivity contribution in [1.82, 2.24) is 4.72 Å². The lowest BCUT2D eigenvalue weighted by Gasteiger charge is -2.32. The van der Waals surface area contributed by atoms with Gasteiger partial charge in [-0.25, -0.2) is 13.1 Å². The first kappa shape index (κ1) is 16.9. The Kier molecular flexibility index (Phi) is 6.23. The van der Waals surface area contributed by atoms with E-state index in [1.165, 1.54) is 0 Å². The van der Waals surface area contributed by atoms with E-state index in [2.05, 4.69) is 18.6 Å². The Bertz CT molecular complexity index is 364. The normalized spacial score (nSPS) is 24.4. The van der Waals surface area contributed by atoms with Crippen LogP contribution in [0.3, 0.4) is 0 Å². The standard InChI is InChI=1S/C13H28N2O3S/c1-11(2)8-13(3,10-14)15-19(16,17)9-12-6-4-5-7-18-12/h11-12,15H,4-10,14H2,1-3H3. The Labute approximate surface area is 117 Å². The molecule has 0 bridgehead atoms. The first-order chi connectivity index (χ1) is 8.76. The summed E-state index contributed by atoms with van der Waals surface area (Å²) in [5.41, 5.74) is 5.17. The number of sulfonamides is 1. The van der Waals surface area contributed by atoms with Crippen LogP contribution in [0.2, 0.25) is 0 Å². The van der Waals surface area contributed by atoms with Crippen molar-refractivity contribution in [3.63, 3.8) is 0 Å². The van der Waals surface area contributed by atoms with Gasteiger partial charge in [-0.05, 0) is 38.5 Å². The van der Waals surface area contributed by atoms with E-state index >= 15 is 0 Å². The average molecular weight is 292 g/mol. The predicted octanol–water partition coefficient (Wildman–Crippen LogP) is 1.24. The number of nitrogens with one attached hydrogen (secondary N) is 1. The minimum absolute atomic E-state index is 0.0423. The molecule has 1 saturated heterocycles. The highest BCUT2D eigenvalue weighted by Gasteiger charge is 2.31. The van der Waals surface area contributed by atoms with Crippen LogP contribution in [0, 0.1) is 5.92 Å². The first-order valence-electron chi connectivity index (χ1n) is 7.10. The molecule has 1 rings (SSSR count). The summed E-state index contributed by atoms with van der Waals surface area (Å²) in [6.07, 6.45) is 3.45. The fourth-order valence-corrected chi connectivity index (χ4v) is 4.42. The van der Waals surface area contributed by atoms with Crippen LogP contribution in [0.4, 0.5) is 0 Å². The van der Waals surface area contributed by atoms with E-state index in [0.29, 0.717) is 19.1 Å². The van der Waals surface area contributed by atoms with E-state index in [1.807, 2.05) is 6.92 Å². The van der Waals surface area contributed by atoms with Gasteiger partial charge in [0.25, 0.3) is 0 Å². The zero-order valence-corrected chi connectivity index (χ0v) is 13.1. The lowest BCUT2D eigenvalue weighted by Crippen LogP contribution is -2.53. The molecular weight excluding hydrogens is 264 g/mol. The molecule has 0 amide bonds. The molecule has 1 aliphatic heterocycles. The summed E-state index contributed by atoms with van der Waals surface area (Å²) in [7, 11) is -3.35. The molecule has 114 valence electrons. The third kappa shape index (κ3) is 6.21. The SMILES string of the molecule is CC(C)CC(C)(CN)NS(=O)(=O)CC1CCCCO1. The second-order valence-electron chi connectivity index (χ2n) is 6.23. The molecule has 0 aliphatic carbocycles. The van der Waals surface area contributed by atoms with Crippen LogP contribution in [0.1, 0.15) is 46.5 Å². The highest BCUT2D eigenvalue weighted by atomic mass is 32.2. The van der Waals surface area contributed by atoms with Gasteiger partial charge in [-0.3, -0.25) is 0 Å². The zero-order valence-electron chi connectivity index (χ0n) is 12.3. The second-order valence-corrected chi connectivity index (χ2v) is 8.00. The van der Waals surface area contributed by atoms with Crippen molar-refractivity contribution in [2.75, 3.05) is 18.9 Å². The Morgan fingerprint density at radius 2 is 2.11 bits per heavy atom. The van der Waals surface area contributed by atoms with Crippen LogP contribution >= 0.6 is 0 Å². The van der Waals surface area contributed by atoms with Crippen molar-refractivity contribution in [1.29, 1.82) is 0 Å². The highest BCUT2D eigenvalue weighted by Crippen LogP contribution is 2.19. The predicted molar refractivity (Wildman–Crippen MR) is 77.4 cm³/mol. The molecule has 0 spiro atoms. The molecule has 0 aromatic heterocycles. The van der Waals surface area contributed by atoms with Gasteiger partial charge in [0.1, 0.15) is 0 Å². The number of rotatable bonds is 7. The quantitative estimate of drug-likeness (QED) is 0.739. The monoisotopic (exact) mass is 292 g/mol. The number of ether oxygens (including phenoxy) is 1. The summed E-state index contributed by atoms with van der Waals surface area (Å²) in [6, 6.07) is 0. The molecule has 5 nitrogen and oxygen atoms in total. The lowest BCUT2D eigenvalue weighted by atomic mass is 9.92. The molecule has 0 aromatic carbocycles. The van der Waals surface area contributed by atoms with Crippen LogP contribution in [-0.4, -0.2) is 39.0 Å². The highest BCUT2D eigenvalue weighted by molar-refractivity contribution is 7.89. The zero-order chi connectivity index (χ0) is 14.5. The van der Waals surface area contributed by atoms with Crippen LogP contribution in [-0.2, 0) is 14.8 Å². The van der Waals surface area contributed by atoms with Gasteiger partial charge >= 0.3 is 0 Å². The topological polar surface area (TPSA) is 81.4 Å².